The van der Waals surface area contributed by atoms with Crippen LogP contribution in [0.2, 0.25) is 0 Å². The molecule has 4 aromatic rings. The van der Waals surface area contributed by atoms with Crippen molar-refractivity contribution in [2.75, 3.05) is 5.32 Å². The summed E-state index contributed by atoms with van der Waals surface area (Å²) in [4.78, 5) is 13.0. The van der Waals surface area contributed by atoms with Gasteiger partial charge in [-0.2, -0.15) is 0 Å². The molecule has 0 aliphatic carbocycles. The number of benzene rings is 2. The second-order valence-electron chi connectivity index (χ2n) is 5.04. The topological polar surface area (TPSA) is 53.6 Å². The van der Waals surface area contributed by atoms with Gasteiger partial charge in [0.25, 0.3) is 0 Å². The summed E-state index contributed by atoms with van der Waals surface area (Å²) in [6.07, 6.45) is 5.48. The summed E-state index contributed by atoms with van der Waals surface area (Å²) in [7, 11) is 0. The monoisotopic (exact) mass is 318 g/mol. The molecule has 0 amide bonds. The van der Waals surface area contributed by atoms with Crippen LogP contribution in [0.1, 0.15) is 0 Å². The van der Waals surface area contributed by atoms with Crippen molar-refractivity contribution in [3.63, 3.8) is 0 Å². The summed E-state index contributed by atoms with van der Waals surface area (Å²) >= 11 is 1.64. The van der Waals surface area contributed by atoms with E-state index in [2.05, 4.69) is 38.5 Å². The molecular formula is C18H14N4S. The third-order valence-electron chi connectivity index (χ3n) is 3.45. The number of nitrogens with zero attached hydrogens (tertiary/aromatic N) is 2. The Kier molecular flexibility index (Phi) is 3.62. The Balaban J connectivity index is 1.57. The van der Waals surface area contributed by atoms with Crippen LogP contribution >= 0.6 is 11.3 Å². The maximum Gasteiger partial charge on any atom is 0.187 e. The van der Waals surface area contributed by atoms with Crippen molar-refractivity contribution in [3.05, 3.63) is 73.2 Å². The largest absolute Gasteiger partial charge is 0.345 e. The number of anilines is 2. The molecule has 112 valence electrons. The van der Waals surface area contributed by atoms with Crippen LogP contribution < -0.4 is 5.32 Å². The maximum atomic E-state index is 4.46. The highest BCUT2D eigenvalue weighted by Gasteiger charge is 2.06. The molecule has 0 atom stereocenters. The lowest BCUT2D eigenvalue weighted by atomic mass is 10.2. The number of nitrogens with one attached hydrogen (secondary N) is 2. The first-order valence-corrected chi connectivity index (χ1v) is 8.08. The van der Waals surface area contributed by atoms with Gasteiger partial charge >= 0.3 is 0 Å². The van der Waals surface area contributed by atoms with E-state index in [1.165, 1.54) is 5.56 Å². The van der Waals surface area contributed by atoms with Gasteiger partial charge in [-0.15, -0.1) is 0 Å². The first kappa shape index (κ1) is 13.7. The van der Waals surface area contributed by atoms with E-state index in [-0.39, 0.29) is 0 Å². The molecule has 2 N–H and O–H groups in total. The van der Waals surface area contributed by atoms with Crippen LogP contribution in [0.25, 0.3) is 21.8 Å². The number of thiazole rings is 1. The molecular weight excluding hydrogens is 304 g/mol. The highest BCUT2D eigenvalue weighted by atomic mass is 32.1. The van der Waals surface area contributed by atoms with Gasteiger partial charge in [0.15, 0.2) is 5.13 Å². The van der Waals surface area contributed by atoms with Gasteiger partial charge in [-0.3, -0.25) is 0 Å². The zero-order valence-corrected chi connectivity index (χ0v) is 13.0. The zero-order chi connectivity index (χ0) is 15.5. The predicted octanol–water partition coefficient (Wildman–Crippen LogP) is 4.94. The molecule has 2 heterocycles. The van der Waals surface area contributed by atoms with Crippen LogP contribution in [0.15, 0.2) is 73.2 Å². The molecule has 2 aromatic carbocycles. The lowest BCUT2D eigenvalue weighted by Crippen LogP contribution is -1.89. The van der Waals surface area contributed by atoms with E-state index in [0.717, 1.165) is 27.1 Å². The van der Waals surface area contributed by atoms with Gasteiger partial charge in [-0.05, 0) is 17.7 Å². The van der Waals surface area contributed by atoms with Crippen molar-refractivity contribution in [2.24, 2.45) is 0 Å². The smallest absolute Gasteiger partial charge is 0.187 e. The van der Waals surface area contributed by atoms with Crippen LogP contribution in [-0.4, -0.2) is 15.0 Å². The number of rotatable bonds is 4. The fourth-order valence-electron chi connectivity index (χ4n) is 2.36. The minimum atomic E-state index is 0.859. The number of hydrogen-bond donors (Lipinski definition) is 2. The third-order valence-corrected chi connectivity index (χ3v) is 4.41. The van der Waals surface area contributed by atoms with Gasteiger partial charge in [-0.1, -0.05) is 53.8 Å². The molecule has 2 aromatic heterocycles. The van der Waals surface area contributed by atoms with Crippen molar-refractivity contribution >= 4 is 22.2 Å². The molecule has 0 saturated heterocycles. The molecule has 0 aliphatic rings. The fourth-order valence-corrected chi connectivity index (χ4v) is 3.20. The summed E-state index contributed by atoms with van der Waals surface area (Å²) in [6, 6.07) is 18.4. The lowest BCUT2D eigenvalue weighted by molar-refractivity contribution is 1.31. The van der Waals surface area contributed by atoms with Gasteiger partial charge < -0.3 is 10.3 Å². The van der Waals surface area contributed by atoms with Crippen molar-refractivity contribution in [1.82, 2.24) is 15.0 Å². The second-order valence-corrected chi connectivity index (χ2v) is 6.07. The Hall–Kier alpha value is -2.92. The zero-order valence-electron chi connectivity index (χ0n) is 12.2. The van der Waals surface area contributed by atoms with Gasteiger partial charge in [0.2, 0.25) is 0 Å². The molecule has 0 spiro atoms. The molecule has 5 heteroatoms. The van der Waals surface area contributed by atoms with Crippen LogP contribution in [0, 0.1) is 0 Å². The molecule has 0 bridgehead atoms. The maximum absolute atomic E-state index is 4.46. The minimum Gasteiger partial charge on any atom is -0.345 e. The standard InChI is InChI=1S/C18H14N4S/c1-2-5-13(6-3-1)16-12-21-18(23-16)22-15-8-4-7-14(11-15)17-19-9-10-20-17/h1-12H,(H,19,20)(H,21,22). The summed E-state index contributed by atoms with van der Waals surface area (Å²) in [6.45, 7) is 0. The Morgan fingerprint density at radius 1 is 0.913 bits per heavy atom. The van der Waals surface area contributed by atoms with Crippen molar-refractivity contribution in [2.45, 2.75) is 0 Å². The molecule has 4 nitrogen and oxygen atoms in total. The quantitative estimate of drug-likeness (QED) is 0.560. The summed E-state index contributed by atoms with van der Waals surface area (Å²) in [5, 5.41) is 4.24. The molecule has 0 saturated carbocycles. The molecule has 0 unspecified atom stereocenters. The molecule has 0 radical (unpaired) electrons. The van der Waals surface area contributed by atoms with E-state index in [4.69, 9.17) is 0 Å². The summed E-state index contributed by atoms with van der Waals surface area (Å²) < 4.78 is 0. The minimum absolute atomic E-state index is 0.859. The lowest BCUT2D eigenvalue weighted by Gasteiger charge is -2.04. The summed E-state index contributed by atoms with van der Waals surface area (Å²) in [5.74, 6) is 0.859. The van der Waals surface area contributed by atoms with Crippen LogP contribution in [-0.2, 0) is 0 Å². The Bertz CT molecular complexity index is 898. The first-order chi connectivity index (χ1) is 11.4. The average Bonchev–Trinajstić information content (AvgIpc) is 3.28. The highest BCUT2D eigenvalue weighted by molar-refractivity contribution is 7.18. The van der Waals surface area contributed by atoms with Crippen molar-refractivity contribution in [1.29, 1.82) is 0 Å². The molecule has 0 fully saturated rings. The van der Waals surface area contributed by atoms with Gasteiger partial charge in [0.1, 0.15) is 5.82 Å². The van der Waals surface area contributed by atoms with Crippen molar-refractivity contribution in [3.8, 4) is 21.8 Å². The second kappa shape index (κ2) is 6.06. The summed E-state index contributed by atoms with van der Waals surface area (Å²) in [5.41, 5.74) is 3.22. The average molecular weight is 318 g/mol. The normalized spacial score (nSPS) is 10.6. The predicted molar refractivity (Wildman–Crippen MR) is 94.9 cm³/mol. The molecule has 0 aliphatic heterocycles. The highest BCUT2D eigenvalue weighted by Crippen LogP contribution is 2.31. The van der Waals surface area contributed by atoms with E-state index in [1.807, 2.05) is 48.8 Å². The number of aromatic amines is 1. The van der Waals surface area contributed by atoms with Gasteiger partial charge in [0.05, 0.1) is 4.88 Å². The Labute approximate surface area is 137 Å². The van der Waals surface area contributed by atoms with E-state index < -0.39 is 0 Å². The molecule has 23 heavy (non-hydrogen) atoms. The van der Waals surface area contributed by atoms with Crippen LogP contribution in [0.4, 0.5) is 10.8 Å². The Morgan fingerprint density at radius 3 is 2.61 bits per heavy atom. The van der Waals surface area contributed by atoms with E-state index >= 15 is 0 Å². The molecule has 4 rings (SSSR count). The van der Waals surface area contributed by atoms with Crippen molar-refractivity contribution < 1.29 is 0 Å². The Morgan fingerprint density at radius 2 is 1.78 bits per heavy atom. The van der Waals surface area contributed by atoms with E-state index in [1.54, 1.807) is 17.5 Å². The van der Waals surface area contributed by atoms with Gasteiger partial charge in [-0.25, -0.2) is 9.97 Å². The third kappa shape index (κ3) is 3.00. The number of H-pyrrole nitrogens is 1. The fraction of sp³-hybridized carbons (Fsp3) is 0. The SMILES string of the molecule is c1ccc(-c2cnc(Nc3cccc(-c4ncc[nH]4)c3)s2)cc1. The van der Waals surface area contributed by atoms with Crippen LogP contribution in [0.5, 0.6) is 0 Å². The van der Waals surface area contributed by atoms with Gasteiger partial charge in [0, 0.05) is 29.8 Å². The number of hydrogen-bond acceptors (Lipinski definition) is 4. The van der Waals surface area contributed by atoms with E-state index in [0.29, 0.717) is 0 Å². The van der Waals surface area contributed by atoms with E-state index in [9.17, 15) is 0 Å². The van der Waals surface area contributed by atoms with Crippen LogP contribution in [0.3, 0.4) is 0 Å². The number of aromatic nitrogens is 3. The number of imidazole rings is 1. The first-order valence-electron chi connectivity index (χ1n) is 7.26.